The number of hydrogen-bond acceptors (Lipinski definition) is 7. The molecule has 0 atom stereocenters. The first-order valence-electron chi connectivity index (χ1n) is 15.3. The molecule has 0 spiro atoms. The van der Waals surface area contributed by atoms with Crippen molar-refractivity contribution in [3.8, 4) is 11.5 Å². The average molecular weight is 616 g/mol. The van der Waals surface area contributed by atoms with Crippen molar-refractivity contribution >= 4 is 23.5 Å². The number of amides is 1. The average Bonchev–Trinajstić information content (AvgIpc) is 3.02. The molecular formula is C35H39F2N5O3. The van der Waals surface area contributed by atoms with Gasteiger partial charge >= 0.3 is 6.09 Å². The van der Waals surface area contributed by atoms with Crippen LogP contribution in [-0.4, -0.2) is 47.2 Å². The fraction of sp³-hybridized carbons (Fsp3) is 0.343. The van der Waals surface area contributed by atoms with Crippen LogP contribution in [0.25, 0.3) is 0 Å². The van der Waals surface area contributed by atoms with Gasteiger partial charge in [0.05, 0.1) is 13.2 Å². The summed E-state index contributed by atoms with van der Waals surface area (Å²) in [4.78, 5) is 26.1. The molecule has 10 heteroatoms. The monoisotopic (exact) mass is 615 g/mol. The number of anilines is 3. The largest absolute Gasteiger partial charge is 0.493 e. The first-order chi connectivity index (χ1) is 21.7. The lowest BCUT2D eigenvalue weighted by Crippen LogP contribution is -2.34. The van der Waals surface area contributed by atoms with E-state index in [0.717, 1.165) is 65.8 Å². The fourth-order valence-electron chi connectivity index (χ4n) is 5.56. The van der Waals surface area contributed by atoms with Crippen LogP contribution in [0, 0.1) is 32.4 Å². The van der Waals surface area contributed by atoms with Gasteiger partial charge in [-0.2, -0.15) is 4.98 Å². The molecule has 1 saturated heterocycles. The minimum atomic E-state index is -0.793. The number of carbonyl (C=O) groups is 1. The number of rotatable bonds is 11. The summed E-state index contributed by atoms with van der Waals surface area (Å²) in [7, 11) is 0. The normalized spacial score (nSPS) is 13.4. The molecule has 0 unspecified atom stereocenters. The zero-order chi connectivity index (χ0) is 31.8. The molecular weight excluding hydrogens is 576 g/mol. The number of carbonyl (C=O) groups excluding carboxylic acids is 1. The Labute approximate surface area is 263 Å². The number of aryl methyl sites for hydroxylation is 3. The van der Waals surface area contributed by atoms with Gasteiger partial charge in [0.25, 0.3) is 0 Å². The maximum absolute atomic E-state index is 14.7. The number of likely N-dealkylation sites (tertiary alicyclic amines) is 1. The molecule has 0 saturated carbocycles. The van der Waals surface area contributed by atoms with Crippen LogP contribution in [0.1, 0.15) is 47.9 Å². The van der Waals surface area contributed by atoms with Crippen molar-refractivity contribution < 1.29 is 23.0 Å². The standard InChI is InChI=1S/C35H39F2N5O3/c1-24-19-25(2)33(26(3)20-24)45-35(43)42(23-27-21-28(36)11-12-31(27)37)32-13-14-38-34(40-32)39-29-9-7-10-30(22-29)44-18-8-17-41-15-5-4-6-16-41/h7,9-14,19-22H,4-6,8,15-18,23H2,1-3H3,(H,38,39,40). The maximum atomic E-state index is 14.7. The number of ether oxygens (including phenoxy) is 2. The molecule has 1 fully saturated rings. The molecule has 3 aromatic carbocycles. The van der Waals surface area contributed by atoms with Crippen LogP contribution in [0.5, 0.6) is 11.5 Å². The van der Waals surface area contributed by atoms with Crippen molar-refractivity contribution in [1.29, 1.82) is 0 Å². The Hall–Kier alpha value is -4.57. The van der Waals surface area contributed by atoms with E-state index in [4.69, 9.17) is 9.47 Å². The molecule has 2 heterocycles. The highest BCUT2D eigenvalue weighted by Gasteiger charge is 2.24. The minimum Gasteiger partial charge on any atom is -0.493 e. The van der Waals surface area contributed by atoms with E-state index in [1.165, 1.54) is 31.5 Å². The van der Waals surface area contributed by atoms with Crippen LogP contribution in [0.2, 0.25) is 0 Å². The molecule has 8 nitrogen and oxygen atoms in total. The lowest BCUT2D eigenvalue weighted by molar-refractivity contribution is 0.205. The molecule has 1 N–H and O–H groups in total. The summed E-state index contributed by atoms with van der Waals surface area (Å²) >= 11 is 0. The van der Waals surface area contributed by atoms with Crippen LogP contribution in [0.3, 0.4) is 0 Å². The lowest BCUT2D eigenvalue weighted by atomic mass is 10.1. The van der Waals surface area contributed by atoms with Crippen LogP contribution in [0.15, 0.2) is 66.9 Å². The Kier molecular flexibility index (Phi) is 10.6. The van der Waals surface area contributed by atoms with E-state index in [-0.39, 0.29) is 23.9 Å². The summed E-state index contributed by atoms with van der Waals surface area (Å²) in [5, 5.41) is 3.16. The summed E-state index contributed by atoms with van der Waals surface area (Å²) in [5.41, 5.74) is 3.24. The molecule has 1 aromatic heterocycles. The van der Waals surface area contributed by atoms with Gasteiger partial charge in [-0.05, 0) is 101 Å². The number of halogens is 2. The third-order valence-electron chi connectivity index (χ3n) is 7.69. The molecule has 0 aliphatic carbocycles. The minimum absolute atomic E-state index is 0.0254. The van der Waals surface area contributed by atoms with E-state index < -0.39 is 17.7 Å². The Morgan fingerprint density at radius 2 is 1.76 bits per heavy atom. The number of benzene rings is 3. The Bertz CT molecular complexity index is 1600. The highest BCUT2D eigenvalue weighted by atomic mass is 19.1. The molecule has 5 rings (SSSR count). The molecule has 1 aliphatic heterocycles. The van der Waals surface area contributed by atoms with Gasteiger partial charge in [-0.25, -0.2) is 18.6 Å². The summed E-state index contributed by atoms with van der Waals surface area (Å²) < 4.78 is 40.6. The zero-order valence-electron chi connectivity index (χ0n) is 26.0. The number of nitrogens with one attached hydrogen (secondary N) is 1. The van der Waals surface area contributed by atoms with Gasteiger partial charge in [-0.1, -0.05) is 30.2 Å². The molecule has 45 heavy (non-hydrogen) atoms. The van der Waals surface area contributed by atoms with E-state index in [9.17, 15) is 13.6 Å². The zero-order valence-corrected chi connectivity index (χ0v) is 26.0. The first kappa shape index (κ1) is 31.8. The van der Waals surface area contributed by atoms with E-state index >= 15 is 0 Å². The van der Waals surface area contributed by atoms with Crippen molar-refractivity contribution in [2.75, 3.05) is 36.5 Å². The lowest BCUT2D eigenvalue weighted by Gasteiger charge is -2.26. The number of piperidine rings is 1. The SMILES string of the molecule is Cc1cc(C)c(OC(=O)N(Cc2cc(F)ccc2F)c2ccnc(Nc3cccc(OCCCN4CCCCC4)c3)n2)c(C)c1. The van der Waals surface area contributed by atoms with E-state index in [1.54, 1.807) is 0 Å². The third kappa shape index (κ3) is 8.76. The third-order valence-corrected chi connectivity index (χ3v) is 7.69. The summed E-state index contributed by atoms with van der Waals surface area (Å²) in [6, 6.07) is 15.9. The van der Waals surface area contributed by atoms with Gasteiger partial charge in [0.1, 0.15) is 29.0 Å². The number of nitrogens with zero attached hydrogens (tertiary/aromatic N) is 4. The quantitative estimate of drug-likeness (QED) is 0.172. The van der Waals surface area contributed by atoms with E-state index in [0.29, 0.717) is 23.8 Å². The molecule has 236 valence electrons. The number of aromatic nitrogens is 2. The Morgan fingerprint density at radius 1 is 0.978 bits per heavy atom. The molecule has 1 amide bonds. The first-order valence-corrected chi connectivity index (χ1v) is 15.3. The van der Waals surface area contributed by atoms with Crippen molar-refractivity contribution in [1.82, 2.24) is 14.9 Å². The second kappa shape index (κ2) is 14.9. The van der Waals surface area contributed by atoms with Crippen LogP contribution >= 0.6 is 0 Å². The Balaban J connectivity index is 1.32. The van der Waals surface area contributed by atoms with Crippen molar-refractivity contribution in [3.63, 3.8) is 0 Å². The van der Waals surface area contributed by atoms with Crippen molar-refractivity contribution in [2.45, 2.75) is 53.0 Å². The fourth-order valence-corrected chi connectivity index (χ4v) is 5.56. The summed E-state index contributed by atoms with van der Waals surface area (Å²) in [5.74, 6) is 0.185. The van der Waals surface area contributed by atoms with Crippen LogP contribution in [0.4, 0.5) is 31.0 Å². The van der Waals surface area contributed by atoms with E-state index in [2.05, 4.69) is 20.2 Å². The van der Waals surface area contributed by atoms with Gasteiger partial charge in [0.15, 0.2) is 0 Å². The van der Waals surface area contributed by atoms with E-state index in [1.807, 2.05) is 57.2 Å². The predicted octanol–water partition coefficient (Wildman–Crippen LogP) is 7.88. The van der Waals surface area contributed by atoms with Crippen molar-refractivity contribution in [3.05, 3.63) is 101 Å². The summed E-state index contributed by atoms with van der Waals surface area (Å²) in [6.45, 7) is 9.30. The molecule has 0 bridgehead atoms. The number of hydrogen-bond donors (Lipinski definition) is 1. The second-order valence-corrected chi connectivity index (χ2v) is 11.4. The van der Waals surface area contributed by atoms with Gasteiger partial charge in [-0.15, -0.1) is 0 Å². The van der Waals surface area contributed by atoms with Gasteiger partial charge < -0.3 is 19.7 Å². The van der Waals surface area contributed by atoms with Gasteiger partial charge in [-0.3, -0.25) is 4.90 Å². The van der Waals surface area contributed by atoms with Gasteiger partial charge in [0.2, 0.25) is 5.95 Å². The van der Waals surface area contributed by atoms with Gasteiger partial charge in [0, 0.05) is 30.1 Å². The van der Waals surface area contributed by atoms with Crippen molar-refractivity contribution in [2.24, 2.45) is 0 Å². The molecule has 0 radical (unpaired) electrons. The predicted molar refractivity (Wildman–Crippen MR) is 171 cm³/mol. The topological polar surface area (TPSA) is 79.8 Å². The smallest absolute Gasteiger partial charge is 0.421 e. The molecule has 1 aliphatic rings. The van der Waals surface area contributed by atoms with Crippen LogP contribution < -0.4 is 19.7 Å². The molecule has 4 aromatic rings. The highest BCUT2D eigenvalue weighted by Crippen LogP contribution is 2.28. The second-order valence-electron chi connectivity index (χ2n) is 11.4. The highest BCUT2D eigenvalue weighted by molar-refractivity contribution is 5.88. The Morgan fingerprint density at radius 3 is 2.53 bits per heavy atom. The summed E-state index contributed by atoms with van der Waals surface area (Å²) in [6.07, 6.45) is 5.49. The maximum Gasteiger partial charge on any atom is 0.421 e. The van der Waals surface area contributed by atoms with Crippen LogP contribution in [-0.2, 0) is 6.54 Å².